The van der Waals surface area contributed by atoms with E-state index in [1.165, 1.54) is 10.8 Å². The lowest BCUT2D eigenvalue weighted by molar-refractivity contribution is -0.118. The molecule has 21 heavy (non-hydrogen) atoms. The quantitative estimate of drug-likeness (QED) is 0.594. The number of carbonyl (C=O) groups is 2. The molecule has 8 nitrogen and oxygen atoms in total. The Bertz CT molecular complexity index is 633. The number of nitrogens with two attached hydrogens (primary N) is 1. The average molecular weight is 317 g/mol. The zero-order chi connectivity index (χ0) is 16.2. The van der Waals surface area contributed by atoms with Crippen LogP contribution in [0.2, 0.25) is 0 Å². The van der Waals surface area contributed by atoms with E-state index in [1.807, 2.05) is 0 Å². The van der Waals surface area contributed by atoms with E-state index < -0.39 is 21.9 Å². The fraction of sp³-hybridized carbons (Fsp3) is 0.500. The van der Waals surface area contributed by atoms with E-state index >= 15 is 0 Å². The van der Waals surface area contributed by atoms with Gasteiger partial charge in [0.25, 0.3) is 0 Å². The molecule has 0 atom stereocenters. The van der Waals surface area contributed by atoms with Gasteiger partial charge in [-0.05, 0) is 26.3 Å². The molecule has 0 fully saturated rings. The molecule has 1 heterocycles. The van der Waals surface area contributed by atoms with Gasteiger partial charge in [-0.1, -0.05) is 0 Å². The van der Waals surface area contributed by atoms with E-state index in [9.17, 15) is 18.0 Å². The molecule has 0 unspecified atom stereocenters. The molecule has 0 aromatic carbocycles. The maximum atomic E-state index is 12.1. The molecular formula is C12H19N3O5S. The highest BCUT2D eigenvalue weighted by Crippen LogP contribution is 2.19. The van der Waals surface area contributed by atoms with Gasteiger partial charge in [0.05, 0.1) is 0 Å². The van der Waals surface area contributed by atoms with Crippen LogP contribution in [-0.4, -0.2) is 36.5 Å². The van der Waals surface area contributed by atoms with E-state index in [0.717, 1.165) is 6.07 Å². The molecule has 0 spiro atoms. The van der Waals surface area contributed by atoms with Gasteiger partial charge >= 0.3 is 5.97 Å². The minimum absolute atomic E-state index is 0.0561. The van der Waals surface area contributed by atoms with Crippen LogP contribution in [0.25, 0.3) is 0 Å². The number of nitrogens with zero attached hydrogens (tertiary/aromatic N) is 1. The molecule has 1 aromatic rings. The number of rotatable bonds is 8. The Labute approximate surface area is 123 Å². The average Bonchev–Trinajstić information content (AvgIpc) is 2.80. The van der Waals surface area contributed by atoms with Gasteiger partial charge in [-0.15, -0.1) is 0 Å². The third kappa shape index (κ3) is 4.57. The largest absolute Gasteiger partial charge is 0.477 e. The predicted molar refractivity (Wildman–Crippen MR) is 75.4 cm³/mol. The standard InChI is InChI=1S/C12H19N3O5S/c1-8(2)15-7-9(6-10(15)12(17)18)21(19,20)14-5-3-4-11(13)16/h6-8,14H,3-5H2,1-2H3,(H2,13,16)(H,17,18). The van der Waals surface area contributed by atoms with Gasteiger partial charge in [0.15, 0.2) is 0 Å². The molecule has 0 bridgehead atoms. The second kappa shape index (κ2) is 6.72. The Kier molecular flexibility index (Phi) is 5.50. The van der Waals surface area contributed by atoms with E-state index in [0.29, 0.717) is 0 Å². The Hall–Kier alpha value is -1.87. The summed E-state index contributed by atoms with van der Waals surface area (Å²) in [7, 11) is -3.81. The van der Waals surface area contributed by atoms with Crippen molar-refractivity contribution in [1.82, 2.24) is 9.29 Å². The first kappa shape index (κ1) is 17.2. The van der Waals surface area contributed by atoms with Gasteiger partial charge in [0.1, 0.15) is 10.6 Å². The second-order valence-electron chi connectivity index (χ2n) is 4.83. The van der Waals surface area contributed by atoms with E-state index in [1.54, 1.807) is 13.8 Å². The van der Waals surface area contributed by atoms with Crippen LogP contribution >= 0.6 is 0 Å². The van der Waals surface area contributed by atoms with Crippen LogP contribution in [-0.2, 0) is 14.8 Å². The summed E-state index contributed by atoms with van der Waals surface area (Å²) < 4.78 is 27.8. The van der Waals surface area contributed by atoms with Crippen LogP contribution in [0, 0.1) is 0 Å². The van der Waals surface area contributed by atoms with Crippen molar-refractivity contribution in [1.29, 1.82) is 0 Å². The zero-order valence-corrected chi connectivity index (χ0v) is 12.7. The van der Waals surface area contributed by atoms with Crippen LogP contribution in [0.3, 0.4) is 0 Å². The van der Waals surface area contributed by atoms with E-state index in [4.69, 9.17) is 10.8 Å². The summed E-state index contributed by atoms with van der Waals surface area (Å²) in [5, 5.41) is 9.08. The minimum Gasteiger partial charge on any atom is -0.477 e. The topological polar surface area (TPSA) is 131 Å². The molecule has 0 radical (unpaired) electrons. The zero-order valence-electron chi connectivity index (χ0n) is 11.9. The lowest BCUT2D eigenvalue weighted by Gasteiger charge is -2.09. The molecule has 1 aromatic heterocycles. The lowest BCUT2D eigenvalue weighted by atomic mass is 10.3. The first-order chi connectivity index (χ1) is 9.65. The molecule has 1 amide bonds. The number of carbonyl (C=O) groups excluding carboxylic acids is 1. The van der Waals surface area contributed by atoms with Gasteiger partial charge in [0, 0.05) is 25.2 Å². The minimum atomic E-state index is -3.81. The lowest BCUT2D eigenvalue weighted by Crippen LogP contribution is -2.25. The van der Waals surface area contributed by atoms with Crippen LogP contribution in [0.4, 0.5) is 0 Å². The fourth-order valence-corrected chi connectivity index (χ4v) is 2.85. The maximum absolute atomic E-state index is 12.1. The summed E-state index contributed by atoms with van der Waals surface area (Å²) in [6.45, 7) is 3.56. The SMILES string of the molecule is CC(C)n1cc(S(=O)(=O)NCCCC(N)=O)cc1C(=O)O. The first-order valence-corrected chi connectivity index (χ1v) is 7.86. The number of nitrogens with one attached hydrogen (secondary N) is 1. The van der Waals surface area contributed by atoms with Crippen molar-refractivity contribution in [2.45, 2.75) is 37.6 Å². The molecule has 0 aliphatic carbocycles. The molecule has 0 saturated heterocycles. The van der Waals surface area contributed by atoms with Crippen molar-refractivity contribution in [2.24, 2.45) is 5.73 Å². The molecule has 0 saturated carbocycles. The highest BCUT2D eigenvalue weighted by molar-refractivity contribution is 7.89. The number of hydrogen-bond acceptors (Lipinski definition) is 4. The third-order valence-corrected chi connectivity index (χ3v) is 4.23. The van der Waals surface area contributed by atoms with Gasteiger partial charge in [-0.2, -0.15) is 0 Å². The number of sulfonamides is 1. The van der Waals surface area contributed by atoms with Gasteiger partial charge < -0.3 is 15.4 Å². The molecule has 0 aliphatic heterocycles. The molecule has 1 rings (SSSR count). The normalized spacial score (nSPS) is 11.8. The van der Waals surface area contributed by atoms with Gasteiger partial charge in [0.2, 0.25) is 15.9 Å². The molecule has 4 N–H and O–H groups in total. The first-order valence-electron chi connectivity index (χ1n) is 6.38. The summed E-state index contributed by atoms with van der Waals surface area (Å²) in [6.07, 6.45) is 1.64. The number of carboxylic acids is 1. The number of primary amides is 1. The van der Waals surface area contributed by atoms with Gasteiger partial charge in [-0.3, -0.25) is 4.79 Å². The third-order valence-electron chi connectivity index (χ3n) is 2.80. The summed E-state index contributed by atoms with van der Waals surface area (Å²) in [5.41, 5.74) is 4.86. The predicted octanol–water partition coefficient (Wildman–Crippen LogP) is 0.311. The van der Waals surface area contributed by atoms with Crippen LogP contribution in [0.15, 0.2) is 17.2 Å². The fourth-order valence-electron chi connectivity index (χ4n) is 1.75. The maximum Gasteiger partial charge on any atom is 0.352 e. The van der Waals surface area contributed by atoms with Crippen molar-refractivity contribution >= 4 is 21.9 Å². The molecule has 9 heteroatoms. The van der Waals surface area contributed by atoms with Crippen LogP contribution in [0.5, 0.6) is 0 Å². The summed E-state index contributed by atoms with van der Waals surface area (Å²) >= 11 is 0. The smallest absolute Gasteiger partial charge is 0.352 e. The van der Waals surface area contributed by atoms with E-state index in [-0.39, 0.29) is 36.0 Å². The summed E-state index contributed by atoms with van der Waals surface area (Å²) in [6, 6.07) is 0.925. The number of amides is 1. The van der Waals surface area contributed by atoms with Crippen molar-refractivity contribution in [3.05, 3.63) is 18.0 Å². The van der Waals surface area contributed by atoms with Crippen molar-refractivity contribution in [2.75, 3.05) is 6.54 Å². The monoisotopic (exact) mass is 317 g/mol. The van der Waals surface area contributed by atoms with E-state index in [2.05, 4.69) is 4.72 Å². The van der Waals surface area contributed by atoms with Crippen molar-refractivity contribution in [3.63, 3.8) is 0 Å². The number of hydrogen-bond donors (Lipinski definition) is 3. The Morgan fingerprint density at radius 3 is 2.48 bits per heavy atom. The highest BCUT2D eigenvalue weighted by Gasteiger charge is 2.22. The van der Waals surface area contributed by atoms with Crippen molar-refractivity contribution in [3.8, 4) is 0 Å². The highest BCUT2D eigenvalue weighted by atomic mass is 32.2. The Morgan fingerprint density at radius 1 is 1.43 bits per heavy atom. The number of carboxylic acid groups (broad SMARTS) is 1. The molecule has 0 aliphatic rings. The van der Waals surface area contributed by atoms with Gasteiger partial charge in [-0.25, -0.2) is 17.9 Å². The number of aromatic carboxylic acids is 1. The second-order valence-corrected chi connectivity index (χ2v) is 6.60. The molecular weight excluding hydrogens is 298 g/mol. The van der Waals surface area contributed by atoms with Crippen molar-refractivity contribution < 1.29 is 23.1 Å². The molecule has 118 valence electrons. The van der Waals surface area contributed by atoms with Crippen LogP contribution < -0.4 is 10.5 Å². The Balaban J connectivity index is 2.91. The summed E-state index contributed by atoms with van der Waals surface area (Å²) in [4.78, 5) is 21.6. The Morgan fingerprint density at radius 2 is 2.05 bits per heavy atom. The number of aromatic nitrogens is 1. The summed E-state index contributed by atoms with van der Waals surface area (Å²) in [5.74, 6) is -1.70. The van der Waals surface area contributed by atoms with Crippen LogP contribution in [0.1, 0.15) is 43.2 Å².